The lowest BCUT2D eigenvalue weighted by atomic mass is 9.98. The van der Waals surface area contributed by atoms with Crippen molar-refractivity contribution in [3.05, 3.63) is 11.7 Å². The first-order chi connectivity index (χ1) is 8.06. The highest BCUT2D eigenvalue weighted by Gasteiger charge is 2.20. The fourth-order valence-corrected chi connectivity index (χ4v) is 1.30. The molecule has 0 saturated heterocycles. The topological polar surface area (TPSA) is 74.2 Å². The average molecular weight is 241 g/mol. The van der Waals surface area contributed by atoms with Crippen LogP contribution in [0.25, 0.3) is 0 Å². The summed E-state index contributed by atoms with van der Waals surface area (Å²) >= 11 is 0. The van der Waals surface area contributed by atoms with Crippen molar-refractivity contribution in [1.82, 2.24) is 10.1 Å². The Balaban J connectivity index is 2.55. The lowest BCUT2D eigenvalue weighted by molar-refractivity contribution is 0.119. The lowest BCUT2D eigenvalue weighted by Gasteiger charge is -2.09. The van der Waals surface area contributed by atoms with Crippen molar-refractivity contribution in [3.63, 3.8) is 0 Å². The molecule has 5 nitrogen and oxygen atoms in total. The molecule has 2 N–H and O–H groups in total. The van der Waals surface area contributed by atoms with Crippen molar-refractivity contribution in [2.45, 2.75) is 46.1 Å². The van der Waals surface area contributed by atoms with Crippen LogP contribution >= 0.6 is 0 Å². The first kappa shape index (κ1) is 14.1. The van der Waals surface area contributed by atoms with Crippen molar-refractivity contribution in [3.8, 4) is 0 Å². The highest BCUT2D eigenvalue weighted by Crippen LogP contribution is 2.22. The van der Waals surface area contributed by atoms with Crippen molar-refractivity contribution in [2.24, 2.45) is 11.7 Å². The molecule has 0 bridgehead atoms. The molecule has 0 spiro atoms. The minimum atomic E-state index is -0.307. The number of hydrogen-bond donors (Lipinski definition) is 1. The zero-order chi connectivity index (χ0) is 12.8. The van der Waals surface area contributed by atoms with Crippen LogP contribution in [0.15, 0.2) is 4.52 Å². The molecule has 1 heterocycles. The largest absolute Gasteiger partial charge is 0.379 e. The van der Waals surface area contributed by atoms with E-state index >= 15 is 0 Å². The second-order valence-corrected chi connectivity index (χ2v) is 4.70. The van der Waals surface area contributed by atoms with Crippen LogP contribution in [-0.4, -0.2) is 23.4 Å². The Bertz CT molecular complexity index is 325. The molecule has 5 heteroatoms. The van der Waals surface area contributed by atoms with Gasteiger partial charge in [-0.1, -0.05) is 32.9 Å². The van der Waals surface area contributed by atoms with Crippen LogP contribution in [-0.2, 0) is 4.74 Å². The third kappa shape index (κ3) is 4.09. The van der Waals surface area contributed by atoms with Crippen LogP contribution in [0, 0.1) is 5.92 Å². The number of rotatable bonds is 7. The van der Waals surface area contributed by atoms with Crippen LogP contribution in [0.4, 0.5) is 0 Å². The zero-order valence-corrected chi connectivity index (χ0v) is 11.1. The molecule has 0 radical (unpaired) electrons. The SMILES string of the molecule is CCCOCC(N)c1noc(C(C)C(C)C)n1. The molecule has 17 heavy (non-hydrogen) atoms. The van der Waals surface area contributed by atoms with Crippen molar-refractivity contribution >= 4 is 0 Å². The predicted octanol–water partition coefficient (Wildman–Crippen LogP) is 2.26. The molecular formula is C12H23N3O2. The van der Waals surface area contributed by atoms with Crippen LogP contribution in [0.2, 0.25) is 0 Å². The van der Waals surface area contributed by atoms with Gasteiger partial charge in [-0.05, 0) is 12.3 Å². The van der Waals surface area contributed by atoms with Gasteiger partial charge in [-0.25, -0.2) is 0 Å². The predicted molar refractivity (Wildman–Crippen MR) is 65.6 cm³/mol. The maximum Gasteiger partial charge on any atom is 0.229 e. The molecule has 1 aromatic heterocycles. The van der Waals surface area contributed by atoms with E-state index < -0.39 is 0 Å². The quantitative estimate of drug-likeness (QED) is 0.741. The Morgan fingerprint density at radius 1 is 1.35 bits per heavy atom. The van der Waals surface area contributed by atoms with Crippen molar-refractivity contribution in [2.75, 3.05) is 13.2 Å². The summed E-state index contributed by atoms with van der Waals surface area (Å²) in [6.07, 6.45) is 0.981. The lowest BCUT2D eigenvalue weighted by Crippen LogP contribution is -2.19. The molecule has 0 aliphatic carbocycles. The molecule has 2 unspecified atom stereocenters. The van der Waals surface area contributed by atoms with Gasteiger partial charge in [0.05, 0.1) is 12.6 Å². The zero-order valence-electron chi connectivity index (χ0n) is 11.1. The monoisotopic (exact) mass is 241 g/mol. The number of nitrogens with two attached hydrogens (primary N) is 1. The summed E-state index contributed by atoms with van der Waals surface area (Å²) in [5.41, 5.74) is 5.92. The Morgan fingerprint density at radius 2 is 2.06 bits per heavy atom. The first-order valence-corrected chi connectivity index (χ1v) is 6.23. The summed E-state index contributed by atoms with van der Waals surface area (Å²) in [4.78, 5) is 4.33. The van der Waals surface area contributed by atoms with Crippen LogP contribution in [0.1, 0.15) is 57.8 Å². The summed E-state index contributed by atoms with van der Waals surface area (Å²) in [5.74, 6) is 1.90. The molecule has 1 rings (SSSR count). The fourth-order valence-electron chi connectivity index (χ4n) is 1.30. The Morgan fingerprint density at radius 3 is 2.65 bits per heavy atom. The van der Waals surface area contributed by atoms with E-state index in [1.807, 2.05) is 0 Å². The van der Waals surface area contributed by atoms with Gasteiger partial charge in [0.2, 0.25) is 5.89 Å². The smallest absolute Gasteiger partial charge is 0.229 e. The van der Waals surface area contributed by atoms with Crippen LogP contribution in [0.5, 0.6) is 0 Å². The van der Waals surface area contributed by atoms with Gasteiger partial charge in [-0.2, -0.15) is 4.98 Å². The van der Waals surface area contributed by atoms with E-state index in [-0.39, 0.29) is 12.0 Å². The molecule has 0 aliphatic rings. The van der Waals surface area contributed by atoms with Gasteiger partial charge in [0.1, 0.15) is 0 Å². The third-order valence-corrected chi connectivity index (χ3v) is 2.82. The number of hydrogen-bond acceptors (Lipinski definition) is 5. The molecule has 0 amide bonds. The fraction of sp³-hybridized carbons (Fsp3) is 0.833. The second kappa shape index (κ2) is 6.71. The van der Waals surface area contributed by atoms with Gasteiger partial charge in [0.15, 0.2) is 5.82 Å². The van der Waals surface area contributed by atoms with E-state index in [9.17, 15) is 0 Å². The van der Waals surface area contributed by atoms with Crippen LogP contribution in [0.3, 0.4) is 0 Å². The summed E-state index contributed by atoms with van der Waals surface area (Å²) in [7, 11) is 0. The third-order valence-electron chi connectivity index (χ3n) is 2.82. The van der Waals surface area contributed by atoms with Gasteiger partial charge in [-0.3, -0.25) is 0 Å². The first-order valence-electron chi connectivity index (χ1n) is 6.23. The summed E-state index contributed by atoms with van der Waals surface area (Å²) in [6.45, 7) is 9.52. The highest BCUT2D eigenvalue weighted by molar-refractivity contribution is 4.97. The molecular weight excluding hydrogens is 218 g/mol. The maximum absolute atomic E-state index is 5.92. The van der Waals surface area contributed by atoms with Crippen LogP contribution < -0.4 is 5.73 Å². The molecule has 0 aliphatic heterocycles. The van der Waals surface area contributed by atoms with E-state index in [0.29, 0.717) is 30.8 Å². The van der Waals surface area contributed by atoms with Crippen molar-refractivity contribution in [1.29, 1.82) is 0 Å². The van der Waals surface area contributed by atoms with E-state index in [4.69, 9.17) is 15.0 Å². The van der Waals surface area contributed by atoms with Gasteiger partial charge in [-0.15, -0.1) is 0 Å². The van der Waals surface area contributed by atoms with E-state index in [2.05, 4.69) is 37.8 Å². The van der Waals surface area contributed by atoms with Crippen molar-refractivity contribution < 1.29 is 9.26 Å². The summed E-state index contributed by atoms with van der Waals surface area (Å²) in [6, 6.07) is -0.307. The van der Waals surface area contributed by atoms with E-state index in [1.165, 1.54) is 0 Å². The minimum Gasteiger partial charge on any atom is -0.379 e. The van der Waals surface area contributed by atoms with Gasteiger partial charge in [0, 0.05) is 12.5 Å². The van der Waals surface area contributed by atoms with Gasteiger partial charge < -0.3 is 15.0 Å². The number of aromatic nitrogens is 2. The average Bonchev–Trinajstić information content (AvgIpc) is 2.77. The van der Waals surface area contributed by atoms with Gasteiger partial charge in [0.25, 0.3) is 0 Å². The standard InChI is InChI=1S/C12H23N3O2/c1-5-6-16-7-10(13)11-14-12(17-15-11)9(4)8(2)3/h8-10H,5-7,13H2,1-4H3. The van der Waals surface area contributed by atoms with E-state index in [1.54, 1.807) is 0 Å². The molecule has 0 fully saturated rings. The molecule has 2 atom stereocenters. The molecule has 0 saturated carbocycles. The summed E-state index contributed by atoms with van der Waals surface area (Å²) < 4.78 is 10.6. The molecule has 98 valence electrons. The van der Waals surface area contributed by atoms with Gasteiger partial charge >= 0.3 is 0 Å². The van der Waals surface area contributed by atoms with E-state index in [0.717, 1.165) is 6.42 Å². The normalized spacial score (nSPS) is 15.2. The molecule has 0 aromatic carbocycles. The maximum atomic E-state index is 5.92. The number of nitrogens with zero attached hydrogens (tertiary/aromatic N) is 2. The molecule has 1 aromatic rings. The summed E-state index contributed by atoms with van der Waals surface area (Å²) in [5, 5.41) is 3.91. The Hall–Kier alpha value is -0.940. The number of ether oxygens (including phenoxy) is 1. The minimum absolute atomic E-state index is 0.250. The Labute approximate surface area is 103 Å². The Kier molecular flexibility index (Phi) is 5.58. The second-order valence-electron chi connectivity index (χ2n) is 4.70. The highest BCUT2D eigenvalue weighted by atomic mass is 16.5.